The van der Waals surface area contributed by atoms with E-state index < -0.39 is 23.7 Å². The first-order valence-corrected chi connectivity index (χ1v) is 7.35. The van der Waals surface area contributed by atoms with Crippen molar-refractivity contribution in [1.82, 2.24) is 5.32 Å². The number of hydrogen-bond donors (Lipinski definition) is 2. The quantitative estimate of drug-likeness (QED) is 0.854. The summed E-state index contributed by atoms with van der Waals surface area (Å²) in [6.45, 7) is 0. The molecule has 4 nitrogen and oxygen atoms in total. The van der Waals surface area contributed by atoms with Crippen LogP contribution in [0.1, 0.15) is 15.9 Å². The summed E-state index contributed by atoms with van der Waals surface area (Å²) < 4.78 is 14.0. The zero-order valence-electron chi connectivity index (χ0n) is 11.6. The highest BCUT2D eigenvalue weighted by atomic mass is 79.9. The van der Waals surface area contributed by atoms with Gasteiger partial charge < -0.3 is 11.1 Å². The molecule has 114 valence electrons. The van der Waals surface area contributed by atoms with Crippen LogP contribution in [0.3, 0.4) is 0 Å². The van der Waals surface area contributed by atoms with Crippen LogP contribution in [0.5, 0.6) is 0 Å². The minimum Gasteiger partial charge on any atom is -0.368 e. The molecule has 3 N–H and O–H groups in total. The average molecular weight is 365 g/mol. The van der Waals surface area contributed by atoms with Crippen molar-refractivity contribution >= 4 is 27.7 Å². The van der Waals surface area contributed by atoms with E-state index in [1.165, 1.54) is 18.2 Å². The highest BCUT2D eigenvalue weighted by molar-refractivity contribution is 9.10. The van der Waals surface area contributed by atoms with E-state index in [-0.39, 0.29) is 12.0 Å². The van der Waals surface area contributed by atoms with Crippen LogP contribution in [0, 0.1) is 5.82 Å². The first-order valence-electron chi connectivity index (χ1n) is 6.56. The number of benzene rings is 2. The van der Waals surface area contributed by atoms with E-state index in [9.17, 15) is 14.0 Å². The molecule has 0 heterocycles. The summed E-state index contributed by atoms with van der Waals surface area (Å²) in [5.74, 6) is -1.70. The fourth-order valence-electron chi connectivity index (χ4n) is 1.95. The van der Waals surface area contributed by atoms with Gasteiger partial charge in [-0.25, -0.2) is 4.39 Å². The van der Waals surface area contributed by atoms with Crippen molar-refractivity contribution in [2.75, 3.05) is 0 Å². The molecule has 6 heteroatoms. The van der Waals surface area contributed by atoms with E-state index in [0.29, 0.717) is 0 Å². The summed E-state index contributed by atoms with van der Waals surface area (Å²) in [4.78, 5) is 23.6. The summed E-state index contributed by atoms with van der Waals surface area (Å²) >= 11 is 3.32. The Morgan fingerprint density at radius 3 is 2.45 bits per heavy atom. The fraction of sp³-hybridized carbons (Fsp3) is 0.125. The average Bonchev–Trinajstić information content (AvgIpc) is 2.48. The van der Waals surface area contributed by atoms with E-state index in [2.05, 4.69) is 21.2 Å². The van der Waals surface area contributed by atoms with Gasteiger partial charge in [0.15, 0.2) is 0 Å². The largest absolute Gasteiger partial charge is 0.368 e. The molecule has 2 aromatic carbocycles. The maximum Gasteiger partial charge on any atom is 0.252 e. The van der Waals surface area contributed by atoms with E-state index in [4.69, 9.17) is 5.73 Å². The Morgan fingerprint density at radius 1 is 1.18 bits per heavy atom. The van der Waals surface area contributed by atoms with Gasteiger partial charge in [0, 0.05) is 16.5 Å². The Hall–Kier alpha value is -2.21. The third kappa shape index (κ3) is 4.39. The molecule has 0 aliphatic carbocycles. The van der Waals surface area contributed by atoms with Crippen LogP contribution in [0.25, 0.3) is 0 Å². The first-order chi connectivity index (χ1) is 10.5. The van der Waals surface area contributed by atoms with E-state index in [1.54, 1.807) is 0 Å². The van der Waals surface area contributed by atoms with E-state index in [0.717, 1.165) is 16.1 Å². The minimum atomic E-state index is -0.864. The van der Waals surface area contributed by atoms with Gasteiger partial charge in [-0.3, -0.25) is 9.59 Å². The molecule has 2 rings (SSSR count). The van der Waals surface area contributed by atoms with Gasteiger partial charge in [-0.2, -0.15) is 0 Å². The van der Waals surface area contributed by atoms with Crippen LogP contribution < -0.4 is 11.1 Å². The molecular weight excluding hydrogens is 351 g/mol. The molecule has 0 saturated carbocycles. The number of rotatable bonds is 5. The maximum absolute atomic E-state index is 13.1. The van der Waals surface area contributed by atoms with Gasteiger partial charge in [0.1, 0.15) is 11.9 Å². The van der Waals surface area contributed by atoms with Gasteiger partial charge in [-0.15, -0.1) is 0 Å². The highest BCUT2D eigenvalue weighted by Crippen LogP contribution is 2.12. The predicted molar refractivity (Wildman–Crippen MR) is 84.7 cm³/mol. The normalized spacial score (nSPS) is 11.7. The van der Waals surface area contributed by atoms with Crippen molar-refractivity contribution < 1.29 is 14.0 Å². The van der Waals surface area contributed by atoms with Crippen molar-refractivity contribution in [3.63, 3.8) is 0 Å². The zero-order chi connectivity index (χ0) is 16.1. The first kappa shape index (κ1) is 16.2. The molecule has 0 unspecified atom stereocenters. The fourth-order valence-corrected chi connectivity index (χ4v) is 2.21. The van der Waals surface area contributed by atoms with Gasteiger partial charge in [-0.05, 0) is 35.9 Å². The monoisotopic (exact) mass is 364 g/mol. The molecule has 0 aliphatic heterocycles. The summed E-state index contributed by atoms with van der Waals surface area (Å²) in [5, 5.41) is 2.53. The molecule has 0 aromatic heterocycles. The van der Waals surface area contributed by atoms with Crippen LogP contribution in [0.2, 0.25) is 0 Å². The van der Waals surface area contributed by atoms with Crippen molar-refractivity contribution in [3.8, 4) is 0 Å². The smallest absolute Gasteiger partial charge is 0.252 e. The number of halogens is 2. The minimum absolute atomic E-state index is 0.141. The Balaban J connectivity index is 2.10. The van der Waals surface area contributed by atoms with E-state index >= 15 is 0 Å². The Kier molecular flexibility index (Phi) is 5.27. The van der Waals surface area contributed by atoms with Gasteiger partial charge in [0.2, 0.25) is 5.91 Å². The van der Waals surface area contributed by atoms with Crippen LogP contribution in [-0.4, -0.2) is 17.9 Å². The summed E-state index contributed by atoms with van der Waals surface area (Å²) in [6.07, 6.45) is 0.268. The molecule has 0 bridgehead atoms. The zero-order valence-corrected chi connectivity index (χ0v) is 13.1. The molecule has 0 spiro atoms. The Morgan fingerprint density at radius 2 is 1.86 bits per heavy atom. The number of carbonyl (C=O) groups excluding carboxylic acids is 2. The lowest BCUT2D eigenvalue weighted by atomic mass is 10.0. The lowest BCUT2D eigenvalue weighted by Crippen LogP contribution is -2.45. The maximum atomic E-state index is 13.1. The number of carbonyl (C=O) groups is 2. The Labute approximate surface area is 135 Å². The summed E-state index contributed by atoms with van der Waals surface area (Å²) in [6, 6.07) is 11.7. The number of nitrogens with one attached hydrogen (secondary N) is 1. The number of hydrogen-bond acceptors (Lipinski definition) is 2. The van der Waals surface area contributed by atoms with Crippen molar-refractivity contribution in [1.29, 1.82) is 0 Å². The second kappa shape index (κ2) is 7.17. The number of nitrogens with two attached hydrogens (primary N) is 1. The topological polar surface area (TPSA) is 72.2 Å². The molecule has 0 saturated heterocycles. The van der Waals surface area contributed by atoms with Crippen LogP contribution >= 0.6 is 15.9 Å². The SMILES string of the molecule is NC(=O)[C@@H](Cc1ccc(Br)cc1)NC(=O)c1cccc(F)c1. The predicted octanol–water partition coefficient (Wildman–Crippen LogP) is 2.41. The molecular formula is C16H14BrFN2O2. The lowest BCUT2D eigenvalue weighted by Gasteiger charge is -2.15. The molecule has 1 atom stereocenters. The van der Waals surface area contributed by atoms with Crippen molar-refractivity contribution in [2.24, 2.45) is 5.73 Å². The molecule has 0 aliphatic rings. The van der Waals surface area contributed by atoms with Gasteiger partial charge in [0.05, 0.1) is 0 Å². The van der Waals surface area contributed by atoms with E-state index in [1.807, 2.05) is 24.3 Å². The molecule has 2 aromatic rings. The summed E-state index contributed by atoms with van der Waals surface area (Å²) in [7, 11) is 0. The van der Waals surface area contributed by atoms with Crippen molar-refractivity contribution in [3.05, 3.63) is 69.9 Å². The van der Waals surface area contributed by atoms with Gasteiger partial charge in [-0.1, -0.05) is 34.1 Å². The lowest BCUT2D eigenvalue weighted by molar-refractivity contribution is -0.119. The highest BCUT2D eigenvalue weighted by Gasteiger charge is 2.19. The van der Waals surface area contributed by atoms with Crippen LogP contribution in [-0.2, 0) is 11.2 Å². The van der Waals surface area contributed by atoms with Crippen LogP contribution in [0.4, 0.5) is 4.39 Å². The molecule has 2 amide bonds. The second-order valence-electron chi connectivity index (χ2n) is 4.77. The standard InChI is InChI=1S/C16H14BrFN2O2/c17-12-6-4-10(5-7-12)8-14(15(19)21)20-16(22)11-2-1-3-13(18)9-11/h1-7,9,14H,8H2,(H2,19,21)(H,20,22)/t14-/m1/s1. The second-order valence-corrected chi connectivity index (χ2v) is 5.69. The van der Waals surface area contributed by atoms with Crippen LogP contribution in [0.15, 0.2) is 53.0 Å². The molecule has 22 heavy (non-hydrogen) atoms. The van der Waals surface area contributed by atoms with Gasteiger partial charge >= 0.3 is 0 Å². The third-order valence-corrected chi connectivity index (χ3v) is 3.62. The summed E-state index contributed by atoms with van der Waals surface area (Å²) in [5.41, 5.74) is 6.33. The Bertz CT molecular complexity index is 689. The third-order valence-electron chi connectivity index (χ3n) is 3.09. The van der Waals surface area contributed by atoms with Crippen molar-refractivity contribution in [2.45, 2.75) is 12.5 Å². The molecule has 0 fully saturated rings. The number of primary amides is 1. The number of amides is 2. The molecule has 0 radical (unpaired) electrons. The van der Waals surface area contributed by atoms with Gasteiger partial charge in [0.25, 0.3) is 5.91 Å².